The predicted molar refractivity (Wildman–Crippen MR) is 97.3 cm³/mol. The van der Waals surface area contributed by atoms with E-state index in [-0.39, 0.29) is 12.6 Å². The Bertz CT molecular complexity index is 719. The van der Waals surface area contributed by atoms with Crippen LogP contribution in [0, 0.1) is 0 Å². The van der Waals surface area contributed by atoms with E-state index in [0.29, 0.717) is 24.2 Å². The van der Waals surface area contributed by atoms with Crippen molar-refractivity contribution in [2.45, 2.75) is 13.3 Å². The average molecular weight is 391 g/mol. The lowest BCUT2D eigenvalue weighted by Crippen LogP contribution is -2.31. The Balaban J connectivity index is 1.89. The molecule has 2 N–H and O–H groups in total. The van der Waals surface area contributed by atoms with Crippen molar-refractivity contribution in [2.24, 2.45) is 0 Å². The normalized spacial score (nSPS) is 10.1. The van der Waals surface area contributed by atoms with Gasteiger partial charge in [0.05, 0.1) is 17.9 Å². The molecular weight excluding hydrogens is 372 g/mol. The van der Waals surface area contributed by atoms with E-state index >= 15 is 0 Å². The topological polar surface area (TPSA) is 67.4 Å². The number of amides is 2. The van der Waals surface area contributed by atoms with Gasteiger partial charge in [0.2, 0.25) is 0 Å². The van der Waals surface area contributed by atoms with Gasteiger partial charge in [-0.1, -0.05) is 40.2 Å². The highest BCUT2D eigenvalue weighted by molar-refractivity contribution is 9.10. The predicted octanol–water partition coefficient (Wildman–Crippen LogP) is 3.99. The molecule has 126 valence electrons. The van der Waals surface area contributed by atoms with Crippen LogP contribution in [0.25, 0.3) is 0 Å². The van der Waals surface area contributed by atoms with Crippen molar-refractivity contribution in [3.8, 4) is 0 Å². The number of halogens is 1. The van der Waals surface area contributed by atoms with E-state index < -0.39 is 5.97 Å². The van der Waals surface area contributed by atoms with Crippen LogP contribution < -0.4 is 10.6 Å². The monoisotopic (exact) mass is 390 g/mol. The third kappa shape index (κ3) is 5.38. The second kappa shape index (κ2) is 9.08. The van der Waals surface area contributed by atoms with E-state index in [0.717, 1.165) is 10.0 Å². The van der Waals surface area contributed by atoms with E-state index in [9.17, 15) is 9.59 Å². The molecule has 0 aliphatic carbocycles. The average Bonchev–Trinajstić information content (AvgIpc) is 2.55. The van der Waals surface area contributed by atoms with Crippen molar-refractivity contribution in [1.29, 1.82) is 0 Å². The van der Waals surface area contributed by atoms with Crippen LogP contribution in [-0.2, 0) is 11.2 Å². The first-order valence-corrected chi connectivity index (χ1v) is 8.45. The largest absolute Gasteiger partial charge is 0.462 e. The van der Waals surface area contributed by atoms with Gasteiger partial charge in [-0.2, -0.15) is 0 Å². The fourth-order valence-corrected chi connectivity index (χ4v) is 2.60. The molecule has 0 aliphatic rings. The molecule has 0 saturated carbocycles. The lowest BCUT2D eigenvalue weighted by molar-refractivity contribution is 0.0527. The first-order valence-electron chi connectivity index (χ1n) is 7.65. The smallest absolute Gasteiger partial charge is 0.340 e. The first kappa shape index (κ1) is 18.0. The molecule has 2 aromatic carbocycles. The van der Waals surface area contributed by atoms with Crippen LogP contribution in [-0.4, -0.2) is 25.2 Å². The quantitative estimate of drug-likeness (QED) is 0.732. The maximum atomic E-state index is 12.0. The van der Waals surface area contributed by atoms with E-state index in [1.165, 1.54) is 0 Å². The zero-order valence-electron chi connectivity index (χ0n) is 13.3. The molecule has 5 nitrogen and oxygen atoms in total. The summed E-state index contributed by atoms with van der Waals surface area (Å²) in [5, 5.41) is 5.47. The lowest BCUT2D eigenvalue weighted by Gasteiger charge is -2.11. The molecule has 0 fully saturated rings. The number of carbonyl (C=O) groups is 2. The number of nitrogens with one attached hydrogen (secondary N) is 2. The zero-order valence-corrected chi connectivity index (χ0v) is 14.9. The summed E-state index contributed by atoms with van der Waals surface area (Å²) in [7, 11) is 0. The maximum Gasteiger partial charge on any atom is 0.340 e. The molecule has 0 aromatic heterocycles. The second-order valence-electron chi connectivity index (χ2n) is 5.03. The highest BCUT2D eigenvalue weighted by Crippen LogP contribution is 2.16. The molecular formula is C18H19BrN2O3. The standard InChI is InChI=1S/C18H19BrN2O3/c1-2-24-17(22)15-8-3-4-9-16(15)21-18(23)20-11-10-13-6-5-7-14(19)12-13/h3-9,12H,2,10-11H2,1H3,(H2,20,21,23). The molecule has 2 amide bonds. The molecule has 6 heteroatoms. The van der Waals surface area contributed by atoms with E-state index in [1.54, 1.807) is 31.2 Å². The number of ether oxygens (including phenoxy) is 1. The minimum atomic E-state index is -0.456. The minimum Gasteiger partial charge on any atom is -0.462 e. The molecule has 0 bridgehead atoms. The molecule has 2 aromatic rings. The lowest BCUT2D eigenvalue weighted by atomic mass is 10.1. The molecule has 0 heterocycles. The number of esters is 1. The van der Waals surface area contributed by atoms with Crippen molar-refractivity contribution in [3.63, 3.8) is 0 Å². The van der Waals surface area contributed by atoms with Gasteiger partial charge in [-0.05, 0) is 43.2 Å². The van der Waals surface area contributed by atoms with Crippen LogP contribution in [0.4, 0.5) is 10.5 Å². The minimum absolute atomic E-state index is 0.284. The summed E-state index contributed by atoms with van der Waals surface area (Å²) in [4.78, 5) is 23.9. The van der Waals surface area contributed by atoms with E-state index in [2.05, 4.69) is 26.6 Å². The SMILES string of the molecule is CCOC(=O)c1ccccc1NC(=O)NCCc1cccc(Br)c1. The zero-order chi connectivity index (χ0) is 17.4. The number of rotatable bonds is 6. The van der Waals surface area contributed by atoms with Crippen LogP contribution in [0.2, 0.25) is 0 Å². The van der Waals surface area contributed by atoms with Crippen LogP contribution in [0.1, 0.15) is 22.8 Å². The molecule has 0 radical (unpaired) electrons. The number of anilines is 1. The van der Waals surface area contributed by atoms with Gasteiger partial charge in [-0.25, -0.2) is 9.59 Å². The molecule has 0 spiro atoms. The number of benzene rings is 2. The fraction of sp³-hybridized carbons (Fsp3) is 0.222. The van der Waals surface area contributed by atoms with Gasteiger partial charge in [0.15, 0.2) is 0 Å². The van der Waals surface area contributed by atoms with Gasteiger partial charge in [0.25, 0.3) is 0 Å². The Morgan fingerprint density at radius 2 is 1.92 bits per heavy atom. The fourth-order valence-electron chi connectivity index (χ4n) is 2.16. The Morgan fingerprint density at radius 1 is 1.12 bits per heavy atom. The van der Waals surface area contributed by atoms with Gasteiger partial charge in [-0.15, -0.1) is 0 Å². The van der Waals surface area contributed by atoms with Crippen LogP contribution in [0.5, 0.6) is 0 Å². The molecule has 0 unspecified atom stereocenters. The van der Waals surface area contributed by atoms with Crippen LogP contribution in [0.3, 0.4) is 0 Å². The van der Waals surface area contributed by atoms with Gasteiger partial charge in [-0.3, -0.25) is 0 Å². The molecule has 2 rings (SSSR count). The van der Waals surface area contributed by atoms with Gasteiger partial charge in [0.1, 0.15) is 0 Å². The van der Waals surface area contributed by atoms with Crippen molar-refractivity contribution in [1.82, 2.24) is 5.32 Å². The third-order valence-electron chi connectivity index (χ3n) is 3.26. The number of hydrogen-bond acceptors (Lipinski definition) is 3. The molecule has 0 aliphatic heterocycles. The van der Waals surface area contributed by atoms with Crippen molar-refractivity contribution < 1.29 is 14.3 Å². The molecule has 0 atom stereocenters. The molecule has 0 saturated heterocycles. The first-order chi connectivity index (χ1) is 11.6. The Labute approximate surface area is 149 Å². The number of hydrogen-bond donors (Lipinski definition) is 2. The van der Waals surface area contributed by atoms with Gasteiger partial charge in [0, 0.05) is 11.0 Å². The number of para-hydroxylation sites is 1. The summed E-state index contributed by atoms with van der Waals surface area (Å²) in [5.74, 6) is -0.456. The summed E-state index contributed by atoms with van der Waals surface area (Å²) < 4.78 is 5.99. The summed E-state index contributed by atoms with van der Waals surface area (Å²) in [5.41, 5.74) is 1.88. The van der Waals surface area contributed by atoms with E-state index in [4.69, 9.17) is 4.74 Å². The Morgan fingerprint density at radius 3 is 2.67 bits per heavy atom. The summed E-state index contributed by atoms with van der Waals surface area (Å²) >= 11 is 3.42. The van der Waals surface area contributed by atoms with Crippen LogP contribution in [0.15, 0.2) is 53.0 Å². The second-order valence-corrected chi connectivity index (χ2v) is 5.94. The summed E-state index contributed by atoms with van der Waals surface area (Å²) in [6.45, 7) is 2.51. The number of carbonyl (C=O) groups excluding carboxylic acids is 2. The van der Waals surface area contributed by atoms with E-state index in [1.807, 2.05) is 24.3 Å². The van der Waals surface area contributed by atoms with Crippen molar-refractivity contribution >= 4 is 33.6 Å². The number of urea groups is 1. The summed E-state index contributed by atoms with van der Waals surface area (Å²) in [6, 6.07) is 14.3. The Kier molecular flexibility index (Phi) is 6.81. The summed E-state index contributed by atoms with van der Waals surface area (Å²) in [6.07, 6.45) is 0.715. The maximum absolute atomic E-state index is 12.0. The van der Waals surface area contributed by atoms with Gasteiger partial charge < -0.3 is 15.4 Å². The van der Waals surface area contributed by atoms with Crippen molar-refractivity contribution in [2.75, 3.05) is 18.5 Å². The van der Waals surface area contributed by atoms with Gasteiger partial charge >= 0.3 is 12.0 Å². The van der Waals surface area contributed by atoms with Crippen LogP contribution >= 0.6 is 15.9 Å². The highest BCUT2D eigenvalue weighted by atomic mass is 79.9. The molecule has 24 heavy (non-hydrogen) atoms. The Hall–Kier alpha value is -2.34. The van der Waals surface area contributed by atoms with Crippen molar-refractivity contribution in [3.05, 3.63) is 64.1 Å². The highest BCUT2D eigenvalue weighted by Gasteiger charge is 2.13. The third-order valence-corrected chi connectivity index (χ3v) is 3.75.